The Morgan fingerprint density at radius 1 is 0.912 bits per heavy atom. The molecule has 0 unspecified atom stereocenters. The van der Waals surface area contributed by atoms with Crippen LogP contribution in [0.5, 0.6) is 11.5 Å². The molecule has 1 aromatic rings. The molecule has 0 atom stereocenters. The number of rotatable bonds is 9. The van der Waals surface area contributed by atoms with Crippen molar-refractivity contribution in [1.29, 1.82) is 0 Å². The smallest absolute Gasteiger partial charge is 0.425 e. The summed E-state index contributed by atoms with van der Waals surface area (Å²) in [7, 11) is 0. The van der Waals surface area contributed by atoms with Crippen LogP contribution < -0.4 is 9.47 Å². The van der Waals surface area contributed by atoms with Crippen LogP contribution in [0.4, 0.5) is 30.7 Å². The summed E-state index contributed by atoms with van der Waals surface area (Å²) in [5.41, 5.74) is 0. The maximum Gasteiger partial charge on any atom is 0.425 e. The fourth-order valence-electron chi connectivity index (χ4n) is 5.45. The summed E-state index contributed by atoms with van der Waals surface area (Å²) in [6, 6.07) is 1.97. The molecule has 3 rings (SSSR count). The highest BCUT2D eigenvalue weighted by molar-refractivity contribution is 5.33. The molecular weight excluding hydrogens is 465 g/mol. The van der Waals surface area contributed by atoms with Crippen LogP contribution in [0, 0.1) is 29.5 Å². The minimum atomic E-state index is -4.46. The molecule has 9 heteroatoms. The van der Waals surface area contributed by atoms with Gasteiger partial charge in [-0.15, -0.1) is 0 Å². The van der Waals surface area contributed by atoms with E-state index in [2.05, 4.69) is 11.7 Å². The van der Waals surface area contributed by atoms with Gasteiger partial charge in [0.1, 0.15) is 5.75 Å². The van der Waals surface area contributed by atoms with Gasteiger partial charge in [0, 0.05) is 6.07 Å². The van der Waals surface area contributed by atoms with E-state index in [0.29, 0.717) is 49.7 Å². The molecule has 0 N–H and O–H groups in total. The van der Waals surface area contributed by atoms with Gasteiger partial charge in [-0.05, 0) is 68.4 Å². The van der Waals surface area contributed by atoms with Crippen LogP contribution in [-0.4, -0.2) is 12.2 Å². The molecule has 0 heterocycles. The molecule has 0 aliphatic heterocycles. The van der Waals surface area contributed by atoms with Crippen LogP contribution in [0.15, 0.2) is 30.4 Å². The molecular formula is C25H31F7O2. The Bertz CT molecular complexity index is 823. The lowest BCUT2D eigenvalue weighted by atomic mass is 9.68. The predicted octanol–water partition coefficient (Wildman–Crippen LogP) is 8.96. The topological polar surface area (TPSA) is 18.5 Å². The second-order valence-electron chi connectivity index (χ2n) is 9.54. The van der Waals surface area contributed by atoms with Crippen molar-refractivity contribution in [3.63, 3.8) is 0 Å². The normalized spacial score (nSPS) is 26.1. The SMILES string of the molecule is CCCC1CCC(C2CCC(C(F)(F)Oc3ccc(OC(F)(F)C=C(F)F)c(F)c3)CC2)CC1. The van der Waals surface area contributed by atoms with Crippen LogP contribution in [0.1, 0.15) is 71.1 Å². The lowest BCUT2D eigenvalue weighted by Crippen LogP contribution is -2.38. The molecule has 1 aromatic carbocycles. The largest absolute Gasteiger partial charge is 0.432 e. The lowest BCUT2D eigenvalue weighted by Gasteiger charge is -2.39. The fourth-order valence-corrected chi connectivity index (χ4v) is 5.45. The van der Waals surface area contributed by atoms with Crippen molar-refractivity contribution in [2.45, 2.75) is 83.3 Å². The summed E-state index contributed by atoms with van der Waals surface area (Å²) >= 11 is 0. The standard InChI is InChI=1S/C25H31F7O2/c1-2-3-16-4-6-17(7-5-16)18-8-10-19(11-9-18)25(31,32)33-20-12-13-22(21(26)14-20)34-24(29,30)15-23(27)28/h12-19H,2-11H2,1H3. The van der Waals surface area contributed by atoms with Gasteiger partial charge in [0.15, 0.2) is 11.6 Å². The van der Waals surface area contributed by atoms with Crippen LogP contribution in [-0.2, 0) is 0 Å². The first-order valence-electron chi connectivity index (χ1n) is 12.0. The first kappa shape index (κ1) is 26.7. The maximum atomic E-state index is 14.8. The van der Waals surface area contributed by atoms with Gasteiger partial charge >= 0.3 is 12.2 Å². The molecule has 2 nitrogen and oxygen atoms in total. The molecule has 0 amide bonds. The zero-order chi connectivity index (χ0) is 24.9. The molecule has 2 saturated carbocycles. The second kappa shape index (κ2) is 11.2. The number of hydrogen-bond acceptors (Lipinski definition) is 2. The summed E-state index contributed by atoms with van der Waals surface area (Å²) in [6.07, 6.45) is -2.31. The number of halogens is 7. The minimum Gasteiger partial charge on any atom is -0.432 e. The maximum absolute atomic E-state index is 14.8. The molecule has 34 heavy (non-hydrogen) atoms. The van der Waals surface area contributed by atoms with Gasteiger partial charge in [-0.25, -0.2) is 4.39 Å². The third-order valence-electron chi connectivity index (χ3n) is 7.18. The van der Waals surface area contributed by atoms with Crippen molar-refractivity contribution < 1.29 is 40.2 Å². The fraction of sp³-hybridized carbons (Fsp3) is 0.680. The van der Waals surface area contributed by atoms with Gasteiger partial charge in [-0.1, -0.05) is 32.6 Å². The lowest BCUT2D eigenvalue weighted by molar-refractivity contribution is -0.224. The van der Waals surface area contributed by atoms with Crippen molar-refractivity contribution >= 4 is 0 Å². The van der Waals surface area contributed by atoms with E-state index in [1.807, 2.05) is 0 Å². The summed E-state index contributed by atoms with van der Waals surface area (Å²) in [4.78, 5) is 0. The Morgan fingerprint density at radius 3 is 2.03 bits per heavy atom. The van der Waals surface area contributed by atoms with Crippen LogP contribution in [0.3, 0.4) is 0 Å². The van der Waals surface area contributed by atoms with Crippen molar-refractivity contribution in [3.8, 4) is 11.5 Å². The molecule has 192 valence electrons. The molecule has 2 aliphatic rings. The number of hydrogen-bond donors (Lipinski definition) is 0. The second-order valence-corrected chi connectivity index (χ2v) is 9.54. The third kappa shape index (κ3) is 7.28. The number of benzene rings is 1. The highest BCUT2D eigenvalue weighted by atomic mass is 19.3. The van der Waals surface area contributed by atoms with Crippen molar-refractivity contribution in [1.82, 2.24) is 0 Å². The molecule has 0 spiro atoms. The average Bonchev–Trinajstić information content (AvgIpc) is 2.75. The summed E-state index contributed by atoms with van der Waals surface area (Å²) in [5.74, 6) is -2.25. The molecule has 2 fully saturated rings. The average molecular weight is 497 g/mol. The summed E-state index contributed by atoms with van der Waals surface area (Å²) < 4.78 is 103. The van der Waals surface area contributed by atoms with E-state index >= 15 is 0 Å². The highest BCUT2D eigenvalue weighted by Gasteiger charge is 2.45. The molecule has 0 bridgehead atoms. The van der Waals surface area contributed by atoms with E-state index < -0.39 is 47.6 Å². The predicted molar refractivity (Wildman–Crippen MR) is 114 cm³/mol. The van der Waals surface area contributed by atoms with Crippen molar-refractivity contribution in [2.75, 3.05) is 0 Å². The van der Waals surface area contributed by atoms with Gasteiger partial charge in [0.2, 0.25) is 0 Å². The molecule has 0 radical (unpaired) electrons. The van der Waals surface area contributed by atoms with E-state index in [1.165, 1.54) is 25.7 Å². The third-order valence-corrected chi connectivity index (χ3v) is 7.18. The van der Waals surface area contributed by atoms with Gasteiger partial charge < -0.3 is 9.47 Å². The van der Waals surface area contributed by atoms with Gasteiger partial charge in [0.25, 0.3) is 6.08 Å². The summed E-state index contributed by atoms with van der Waals surface area (Å²) in [5, 5.41) is 0. The van der Waals surface area contributed by atoms with E-state index in [0.717, 1.165) is 24.8 Å². The minimum absolute atomic E-state index is 0.295. The van der Waals surface area contributed by atoms with Crippen molar-refractivity contribution in [3.05, 3.63) is 36.2 Å². The first-order chi connectivity index (χ1) is 16.0. The Morgan fingerprint density at radius 2 is 1.50 bits per heavy atom. The van der Waals surface area contributed by atoms with Crippen molar-refractivity contribution in [2.24, 2.45) is 23.7 Å². The van der Waals surface area contributed by atoms with E-state index in [-0.39, 0.29) is 0 Å². The van der Waals surface area contributed by atoms with Gasteiger partial charge in [-0.3, -0.25) is 0 Å². The Labute approximate surface area is 195 Å². The number of alkyl halides is 4. The van der Waals surface area contributed by atoms with Crippen LogP contribution >= 0.6 is 0 Å². The van der Waals surface area contributed by atoms with Crippen LogP contribution in [0.25, 0.3) is 0 Å². The monoisotopic (exact) mass is 496 g/mol. The van der Waals surface area contributed by atoms with Crippen LogP contribution in [0.2, 0.25) is 0 Å². The molecule has 2 aliphatic carbocycles. The van der Waals surface area contributed by atoms with E-state index in [9.17, 15) is 30.7 Å². The molecule has 0 saturated heterocycles. The first-order valence-corrected chi connectivity index (χ1v) is 12.0. The zero-order valence-corrected chi connectivity index (χ0v) is 19.2. The number of ether oxygens (including phenoxy) is 2. The zero-order valence-electron chi connectivity index (χ0n) is 19.2. The van der Waals surface area contributed by atoms with Gasteiger partial charge in [-0.2, -0.15) is 26.3 Å². The van der Waals surface area contributed by atoms with E-state index in [1.54, 1.807) is 0 Å². The van der Waals surface area contributed by atoms with E-state index in [4.69, 9.17) is 4.74 Å². The quantitative estimate of drug-likeness (QED) is 0.318. The Kier molecular flexibility index (Phi) is 8.79. The Balaban J connectivity index is 1.53. The highest BCUT2D eigenvalue weighted by Crippen LogP contribution is 2.46. The Hall–Kier alpha value is -1.93. The summed E-state index contributed by atoms with van der Waals surface area (Å²) in [6.45, 7) is 2.19. The molecule has 0 aromatic heterocycles. The van der Waals surface area contributed by atoms with Gasteiger partial charge in [0.05, 0.1) is 12.0 Å².